The molecule has 0 bridgehead atoms. The Hall–Kier alpha value is -3.15. The maximum atomic E-state index is 14.1. The number of fused-ring (bicyclic) bond motifs is 1. The summed E-state index contributed by atoms with van der Waals surface area (Å²) >= 11 is 0. The fraction of sp³-hybridized carbons (Fsp3) is 0.238. The highest BCUT2D eigenvalue weighted by atomic mass is 19.1. The molecule has 0 radical (unpaired) electrons. The van der Waals surface area contributed by atoms with E-state index in [0.29, 0.717) is 17.0 Å². The lowest BCUT2D eigenvalue weighted by Crippen LogP contribution is -2.36. The van der Waals surface area contributed by atoms with Crippen LogP contribution in [0.2, 0.25) is 0 Å². The zero-order valence-corrected chi connectivity index (χ0v) is 15.5. The lowest BCUT2D eigenvalue weighted by atomic mass is 9.96. The van der Waals surface area contributed by atoms with Gasteiger partial charge in [-0.15, -0.1) is 0 Å². The molecule has 1 atom stereocenters. The summed E-state index contributed by atoms with van der Waals surface area (Å²) in [4.78, 5) is 15.9. The number of primary amides is 1. The van der Waals surface area contributed by atoms with Crippen LogP contribution in [0.15, 0.2) is 48.5 Å². The molecule has 2 aromatic carbocycles. The summed E-state index contributed by atoms with van der Waals surface area (Å²) in [5.41, 5.74) is 7.47. The first-order chi connectivity index (χ1) is 12.9. The molecule has 0 fully saturated rings. The van der Waals surface area contributed by atoms with Crippen LogP contribution in [-0.4, -0.2) is 18.1 Å². The first-order valence-electron chi connectivity index (χ1n) is 8.70. The molecule has 3 aromatic rings. The zero-order chi connectivity index (χ0) is 19.6. The summed E-state index contributed by atoms with van der Waals surface area (Å²) in [5, 5.41) is 4.09. The van der Waals surface area contributed by atoms with Crippen molar-refractivity contribution in [3.8, 4) is 17.1 Å². The molecule has 1 aromatic heterocycles. The van der Waals surface area contributed by atoms with Gasteiger partial charge in [-0.05, 0) is 35.6 Å². The maximum Gasteiger partial charge on any atom is 0.312 e. The first-order valence-corrected chi connectivity index (χ1v) is 8.70. The van der Waals surface area contributed by atoms with Crippen molar-refractivity contribution in [3.05, 3.63) is 59.9 Å². The molecule has 3 N–H and O–H groups in total. The van der Waals surface area contributed by atoms with E-state index in [9.17, 15) is 9.18 Å². The Morgan fingerprint density at radius 1 is 1.19 bits per heavy atom. The van der Waals surface area contributed by atoms with Crippen LogP contribution in [0.5, 0.6) is 5.88 Å². The van der Waals surface area contributed by atoms with Crippen molar-refractivity contribution < 1.29 is 13.9 Å². The third kappa shape index (κ3) is 3.84. The molecule has 27 heavy (non-hydrogen) atoms. The molecule has 6 heteroatoms. The fourth-order valence-corrected chi connectivity index (χ4v) is 3.16. The summed E-state index contributed by atoms with van der Waals surface area (Å²) in [5.74, 6) is 0.214. The van der Waals surface area contributed by atoms with E-state index in [1.54, 1.807) is 12.1 Å². The second-order valence-corrected chi connectivity index (χ2v) is 6.70. The number of hydrogen-bond donors (Lipinski definition) is 2. The number of nitrogens with one attached hydrogen (secondary N) is 1. The second-order valence-electron chi connectivity index (χ2n) is 6.70. The molecule has 0 aliphatic rings. The van der Waals surface area contributed by atoms with E-state index in [-0.39, 0.29) is 17.8 Å². The molecular formula is C21H22FN3O2. The van der Waals surface area contributed by atoms with Gasteiger partial charge in [0.2, 0.25) is 5.88 Å². The quantitative estimate of drug-likeness (QED) is 0.701. The number of carbonyl (C=O) groups is 1. The third-order valence-electron chi connectivity index (χ3n) is 4.51. The molecule has 0 aliphatic carbocycles. The lowest BCUT2D eigenvalue weighted by molar-refractivity contribution is 0.240. The topological polar surface area (TPSA) is 77.2 Å². The van der Waals surface area contributed by atoms with Gasteiger partial charge in [0, 0.05) is 16.5 Å². The van der Waals surface area contributed by atoms with Gasteiger partial charge >= 0.3 is 6.03 Å². The zero-order valence-electron chi connectivity index (χ0n) is 15.5. The Morgan fingerprint density at radius 3 is 2.63 bits per heavy atom. The number of pyridine rings is 1. The van der Waals surface area contributed by atoms with Crippen LogP contribution in [0, 0.1) is 11.7 Å². The predicted octanol–water partition coefficient (Wildman–Crippen LogP) is 4.41. The lowest BCUT2D eigenvalue weighted by Gasteiger charge is -2.23. The number of nitrogens with two attached hydrogens (primary N) is 1. The number of benzene rings is 2. The summed E-state index contributed by atoms with van der Waals surface area (Å²) < 4.78 is 19.6. The number of aromatic nitrogens is 1. The molecule has 140 valence electrons. The molecule has 1 unspecified atom stereocenters. The standard InChI is InChI=1S/C21H22FN3O2/c1-12(2)19(25-21(23)26)15-9-10-18(24-20(15)27-3)14-8-7-13-5-4-6-17(22)16(13)11-14/h4-12,19H,1-3H3,(H3,23,25,26). The molecule has 5 nitrogen and oxygen atoms in total. The third-order valence-corrected chi connectivity index (χ3v) is 4.51. The van der Waals surface area contributed by atoms with Gasteiger partial charge < -0.3 is 15.8 Å². The number of ether oxygens (including phenoxy) is 1. The second kappa shape index (κ2) is 7.61. The van der Waals surface area contributed by atoms with Crippen LogP contribution in [0.1, 0.15) is 25.5 Å². The van der Waals surface area contributed by atoms with E-state index in [1.807, 2.05) is 44.2 Å². The molecule has 3 rings (SSSR count). The van der Waals surface area contributed by atoms with E-state index < -0.39 is 6.03 Å². The molecule has 0 aliphatic heterocycles. The van der Waals surface area contributed by atoms with Crippen molar-refractivity contribution >= 4 is 16.8 Å². The Balaban J connectivity index is 2.06. The SMILES string of the molecule is COc1nc(-c2ccc3cccc(F)c3c2)ccc1C(NC(N)=O)C(C)C. The molecule has 2 amide bonds. The summed E-state index contributed by atoms with van der Waals surface area (Å²) in [6, 6.07) is 13.3. The van der Waals surface area contributed by atoms with E-state index >= 15 is 0 Å². The number of amides is 2. The van der Waals surface area contributed by atoms with Crippen molar-refractivity contribution in [2.24, 2.45) is 11.7 Å². The van der Waals surface area contributed by atoms with Gasteiger partial charge in [0.05, 0.1) is 18.8 Å². The molecule has 0 saturated carbocycles. The van der Waals surface area contributed by atoms with E-state index in [1.165, 1.54) is 13.2 Å². The largest absolute Gasteiger partial charge is 0.481 e. The monoisotopic (exact) mass is 367 g/mol. The van der Waals surface area contributed by atoms with Crippen LogP contribution in [0.3, 0.4) is 0 Å². The molecular weight excluding hydrogens is 345 g/mol. The van der Waals surface area contributed by atoms with Gasteiger partial charge in [-0.1, -0.05) is 38.1 Å². The number of rotatable bonds is 5. The average molecular weight is 367 g/mol. The molecule has 1 heterocycles. The van der Waals surface area contributed by atoms with Crippen LogP contribution >= 0.6 is 0 Å². The minimum atomic E-state index is -0.607. The van der Waals surface area contributed by atoms with Crippen LogP contribution in [0.4, 0.5) is 9.18 Å². The van der Waals surface area contributed by atoms with Crippen LogP contribution in [-0.2, 0) is 0 Å². The minimum absolute atomic E-state index is 0.0915. The Labute approximate surface area is 157 Å². The van der Waals surface area contributed by atoms with Crippen LogP contribution < -0.4 is 15.8 Å². The highest BCUT2D eigenvalue weighted by molar-refractivity contribution is 5.87. The molecule has 0 saturated heterocycles. The number of methoxy groups -OCH3 is 1. The summed E-state index contributed by atoms with van der Waals surface area (Å²) in [6.45, 7) is 3.94. The van der Waals surface area contributed by atoms with Gasteiger partial charge in [0.25, 0.3) is 0 Å². The van der Waals surface area contributed by atoms with Crippen molar-refractivity contribution in [1.82, 2.24) is 10.3 Å². The predicted molar refractivity (Wildman–Crippen MR) is 104 cm³/mol. The number of carbonyl (C=O) groups excluding carboxylic acids is 1. The Kier molecular flexibility index (Phi) is 5.26. The minimum Gasteiger partial charge on any atom is -0.481 e. The van der Waals surface area contributed by atoms with Crippen molar-refractivity contribution in [2.75, 3.05) is 7.11 Å². The van der Waals surface area contributed by atoms with Gasteiger partial charge in [0.15, 0.2) is 0 Å². The fourth-order valence-electron chi connectivity index (χ4n) is 3.16. The van der Waals surface area contributed by atoms with Gasteiger partial charge in [-0.25, -0.2) is 14.2 Å². The summed E-state index contributed by atoms with van der Waals surface area (Å²) in [6.07, 6.45) is 0. The maximum absolute atomic E-state index is 14.1. The van der Waals surface area contributed by atoms with Crippen molar-refractivity contribution in [3.63, 3.8) is 0 Å². The van der Waals surface area contributed by atoms with E-state index in [0.717, 1.165) is 16.5 Å². The van der Waals surface area contributed by atoms with Crippen molar-refractivity contribution in [1.29, 1.82) is 0 Å². The van der Waals surface area contributed by atoms with E-state index in [2.05, 4.69) is 10.3 Å². The average Bonchev–Trinajstić information content (AvgIpc) is 2.65. The number of halogens is 1. The summed E-state index contributed by atoms with van der Waals surface area (Å²) in [7, 11) is 1.53. The van der Waals surface area contributed by atoms with Gasteiger partial charge in [-0.3, -0.25) is 0 Å². The van der Waals surface area contributed by atoms with E-state index in [4.69, 9.17) is 10.5 Å². The Morgan fingerprint density at radius 2 is 1.96 bits per heavy atom. The number of nitrogens with zero attached hydrogens (tertiary/aromatic N) is 1. The highest BCUT2D eigenvalue weighted by Gasteiger charge is 2.22. The van der Waals surface area contributed by atoms with Gasteiger partial charge in [-0.2, -0.15) is 0 Å². The normalized spacial score (nSPS) is 12.2. The molecule has 0 spiro atoms. The van der Waals surface area contributed by atoms with Crippen LogP contribution in [0.25, 0.3) is 22.0 Å². The van der Waals surface area contributed by atoms with Gasteiger partial charge in [0.1, 0.15) is 5.82 Å². The van der Waals surface area contributed by atoms with Crippen molar-refractivity contribution in [2.45, 2.75) is 19.9 Å². The highest BCUT2D eigenvalue weighted by Crippen LogP contribution is 2.32. The Bertz CT molecular complexity index is 988. The number of urea groups is 1. The smallest absolute Gasteiger partial charge is 0.312 e. The first kappa shape index (κ1) is 18.6. The number of hydrogen-bond acceptors (Lipinski definition) is 3.